The van der Waals surface area contributed by atoms with Crippen LogP contribution in [0.5, 0.6) is 0 Å². The number of anilines is 1. The number of benzene rings is 1. The molecule has 0 atom stereocenters. The maximum Gasteiger partial charge on any atom is 0.287 e. The van der Waals surface area contributed by atoms with E-state index in [2.05, 4.69) is 21.7 Å². The number of hydrogen-bond acceptors (Lipinski definition) is 4. The summed E-state index contributed by atoms with van der Waals surface area (Å²) in [5.41, 5.74) is 1.04. The SMILES string of the molecule is C=CCNC(=O)c1ccc(CN2CCN(c3ccc(F)cc3)CC2)o1. The van der Waals surface area contributed by atoms with Crippen LogP contribution in [0.1, 0.15) is 16.3 Å². The Hall–Kier alpha value is -2.60. The molecule has 132 valence electrons. The Labute approximate surface area is 146 Å². The average Bonchev–Trinajstić information content (AvgIpc) is 3.10. The molecule has 1 aromatic carbocycles. The van der Waals surface area contributed by atoms with Gasteiger partial charge in [0.2, 0.25) is 0 Å². The number of hydrogen-bond donors (Lipinski definition) is 1. The highest BCUT2D eigenvalue weighted by molar-refractivity contribution is 5.91. The van der Waals surface area contributed by atoms with Gasteiger partial charge in [-0.3, -0.25) is 9.69 Å². The van der Waals surface area contributed by atoms with E-state index in [1.54, 1.807) is 12.1 Å². The minimum Gasteiger partial charge on any atom is -0.455 e. The first-order chi connectivity index (χ1) is 12.2. The molecule has 0 spiro atoms. The van der Waals surface area contributed by atoms with E-state index in [4.69, 9.17) is 4.42 Å². The fourth-order valence-electron chi connectivity index (χ4n) is 2.87. The van der Waals surface area contributed by atoms with Gasteiger partial charge in [-0.25, -0.2) is 4.39 Å². The Balaban J connectivity index is 1.50. The summed E-state index contributed by atoms with van der Waals surface area (Å²) in [7, 11) is 0. The number of piperazine rings is 1. The van der Waals surface area contributed by atoms with Crippen molar-refractivity contribution in [2.24, 2.45) is 0 Å². The highest BCUT2D eigenvalue weighted by atomic mass is 19.1. The van der Waals surface area contributed by atoms with Gasteiger partial charge in [0.1, 0.15) is 11.6 Å². The predicted molar refractivity (Wildman–Crippen MR) is 95.1 cm³/mol. The van der Waals surface area contributed by atoms with E-state index in [-0.39, 0.29) is 11.7 Å². The monoisotopic (exact) mass is 343 g/mol. The van der Waals surface area contributed by atoms with Crippen LogP contribution in [-0.2, 0) is 6.54 Å². The zero-order valence-electron chi connectivity index (χ0n) is 14.1. The van der Waals surface area contributed by atoms with Crippen LogP contribution >= 0.6 is 0 Å². The molecule has 3 rings (SSSR count). The quantitative estimate of drug-likeness (QED) is 0.819. The van der Waals surface area contributed by atoms with Crippen LogP contribution in [0.4, 0.5) is 10.1 Å². The van der Waals surface area contributed by atoms with Crippen LogP contribution in [0.2, 0.25) is 0 Å². The fourth-order valence-corrected chi connectivity index (χ4v) is 2.87. The lowest BCUT2D eigenvalue weighted by atomic mass is 10.2. The molecule has 2 aromatic rings. The molecule has 1 aliphatic heterocycles. The Morgan fingerprint density at radius 1 is 1.16 bits per heavy atom. The van der Waals surface area contributed by atoms with Crippen LogP contribution < -0.4 is 10.2 Å². The molecular formula is C19H22FN3O2. The molecule has 6 heteroatoms. The van der Waals surface area contributed by atoms with Gasteiger partial charge < -0.3 is 14.6 Å². The average molecular weight is 343 g/mol. The molecule has 1 saturated heterocycles. The zero-order valence-corrected chi connectivity index (χ0v) is 14.1. The largest absolute Gasteiger partial charge is 0.455 e. The van der Waals surface area contributed by atoms with Crippen molar-refractivity contribution < 1.29 is 13.6 Å². The maximum atomic E-state index is 13.0. The Bertz CT molecular complexity index is 719. The second-order valence-corrected chi connectivity index (χ2v) is 6.00. The zero-order chi connectivity index (χ0) is 17.6. The van der Waals surface area contributed by atoms with Gasteiger partial charge in [-0.2, -0.15) is 0 Å². The van der Waals surface area contributed by atoms with Crippen molar-refractivity contribution in [2.45, 2.75) is 6.54 Å². The Morgan fingerprint density at radius 2 is 1.88 bits per heavy atom. The van der Waals surface area contributed by atoms with Crippen LogP contribution in [0.3, 0.4) is 0 Å². The van der Waals surface area contributed by atoms with Gasteiger partial charge in [-0.15, -0.1) is 6.58 Å². The molecule has 5 nitrogen and oxygen atoms in total. The lowest BCUT2D eigenvalue weighted by Gasteiger charge is -2.35. The molecule has 1 aliphatic rings. The number of carbonyl (C=O) groups is 1. The topological polar surface area (TPSA) is 48.7 Å². The smallest absolute Gasteiger partial charge is 0.287 e. The predicted octanol–water partition coefficient (Wildman–Crippen LogP) is 2.66. The number of carbonyl (C=O) groups excluding carboxylic acids is 1. The van der Waals surface area contributed by atoms with E-state index in [0.29, 0.717) is 18.8 Å². The van der Waals surface area contributed by atoms with Gasteiger partial charge in [0.25, 0.3) is 5.91 Å². The molecular weight excluding hydrogens is 321 g/mol. The summed E-state index contributed by atoms with van der Waals surface area (Å²) in [6.45, 7) is 8.17. The summed E-state index contributed by atoms with van der Waals surface area (Å²) in [6.07, 6.45) is 1.63. The third-order valence-electron chi connectivity index (χ3n) is 4.24. The third-order valence-corrected chi connectivity index (χ3v) is 4.24. The van der Waals surface area contributed by atoms with Crippen molar-refractivity contribution in [1.29, 1.82) is 0 Å². The van der Waals surface area contributed by atoms with E-state index in [1.807, 2.05) is 18.2 Å². The first-order valence-corrected chi connectivity index (χ1v) is 8.36. The lowest BCUT2D eigenvalue weighted by molar-refractivity contribution is 0.0926. The van der Waals surface area contributed by atoms with Gasteiger partial charge in [0, 0.05) is 38.4 Å². The van der Waals surface area contributed by atoms with Crippen LogP contribution in [-0.4, -0.2) is 43.5 Å². The van der Waals surface area contributed by atoms with E-state index in [9.17, 15) is 9.18 Å². The number of amides is 1. The van der Waals surface area contributed by atoms with Crippen LogP contribution in [0, 0.1) is 5.82 Å². The first kappa shape index (κ1) is 17.2. The summed E-state index contributed by atoms with van der Waals surface area (Å²) < 4.78 is 18.6. The van der Waals surface area contributed by atoms with Crippen molar-refractivity contribution in [3.63, 3.8) is 0 Å². The van der Waals surface area contributed by atoms with E-state index >= 15 is 0 Å². The summed E-state index contributed by atoms with van der Waals surface area (Å²) >= 11 is 0. The van der Waals surface area contributed by atoms with Gasteiger partial charge in [-0.1, -0.05) is 6.08 Å². The van der Waals surface area contributed by atoms with E-state index < -0.39 is 0 Å². The summed E-state index contributed by atoms with van der Waals surface area (Å²) in [5.74, 6) is 0.654. The van der Waals surface area contributed by atoms with Crippen LogP contribution in [0.15, 0.2) is 53.5 Å². The van der Waals surface area contributed by atoms with Crippen molar-refractivity contribution in [1.82, 2.24) is 10.2 Å². The number of halogens is 1. The number of nitrogens with zero attached hydrogens (tertiary/aromatic N) is 2. The second-order valence-electron chi connectivity index (χ2n) is 6.00. The van der Waals surface area contributed by atoms with Crippen molar-refractivity contribution in [3.8, 4) is 0 Å². The van der Waals surface area contributed by atoms with Gasteiger partial charge in [-0.05, 0) is 36.4 Å². The first-order valence-electron chi connectivity index (χ1n) is 8.36. The Morgan fingerprint density at radius 3 is 2.56 bits per heavy atom. The minimum absolute atomic E-state index is 0.215. The summed E-state index contributed by atoms with van der Waals surface area (Å²) in [4.78, 5) is 16.4. The van der Waals surface area contributed by atoms with Crippen molar-refractivity contribution in [3.05, 3.63) is 66.4 Å². The molecule has 0 radical (unpaired) electrons. The molecule has 1 N–H and O–H groups in total. The molecule has 1 aromatic heterocycles. The highest BCUT2D eigenvalue weighted by Crippen LogP contribution is 2.18. The molecule has 0 saturated carbocycles. The maximum absolute atomic E-state index is 13.0. The van der Waals surface area contributed by atoms with Gasteiger partial charge in [0.05, 0.1) is 6.54 Å². The molecule has 0 bridgehead atoms. The minimum atomic E-state index is -0.229. The van der Waals surface area contributed by atoms with E-state index in [0.717, 1.165) is 37.6 Å². The molecule has 0 unspecified atom stereocenters. The molecule has 0 aliphatic carbocycles. The molecule has 2 heterocycles. The highest BCUT2D eigenvalue weighted by Gasteiger charge is 2.19. The fraction of sp³-hybridized carbons (Fsp3) is 0.316. The number of furan rings is 1. The second kappa shape index (κ2) is 7.98. The third kappa shape index (κ3) is 4.48. The van der Waals surface area contributed by atoms with Crippen molar-refractivity contribution in [2.75, 3.05) is 37.6 Å². The number of nitrogens with one attached hydrogen (secondary N) is 1. The standard InChI is InChI=1S/C19H22FN3O2/c1-2-9-21-19(24)18-8-7-17(25-18)14-22-10-12-23(13-11-22)16-5-3-15(20)4-6-16/h2-8H,1,9-14H2,(H,21,24). The Kier molecular flexibility index (Phi) is 5.50. The molecule has 25 heavy (non-hydrogen) atoms. The van der Waals surface area contributed by atoms with Gasteiger partial charge in [0.15, 0.2) is 5.76 Å². The van der Waals surface area contributed by atoms with E-state index in [1.165, 1.54) is 12.1 Å². The normalized spacial score (nSPS) is 15.2. The van der Waals surface area contributed by atoms with Gasteiger partial charge >= 0.3 is 0 Å². The summed E-state index contributed by atoms with van der Waals surface area (Å²) in [6, 6.07) is 10.1. The number of rotatable bonds is 6. The molecule has 1 fully saturated rings. The van der Waals surface area contributed by atoms with Crippen LogP contribution in [0.25, 0.3) is 0 Å². The summed E-state index contributed by atoms with van der Waals surface area (Å²) in [5, 5.41) is 2.70. The van der Waals surface area contributed by atoms with Crippen molar-refractivity contribution >= 4 is 11.6 Å². The molecule has 1 amide bonds. The lowest BCUT2D eigenvalue weighted by Crippen LogP contribution is -2.45.